The maximum Gasteiger partial charge on any atom is 0.0516 e. The van der Waals surface area contributed by atoms with E-state index < -0.39 is 0 Å². The van der Waals surface area contributed by atoms with E-state index in [0.29, 0.717) is 6.04 Å². The molecule has 0 saturated heterocycles. The van der Waals surface area contributed by atoms with Crippen molar-refractivity contribution in [3.8, 4) is 0 Å². The Balaban J connectivity index is 2.37. The van der Waals surface area contributed by atoms with Crippen molar-refractivity contribution in [3.05, 3.63) is 30.2 Å². The second-order valence-electron chi connectivity index (χ2n) is 4.60. The Morgan fingerprint density at radius 3 is 3.00 bits per heavy atom. The molecule has 0 fully saturated rings. The normalized spacial score (nSPS) is 13.2. The molecule has 0 bridgehead atoms. The molecule has 2 heteroatoms. The average molecular weight is 216 g/mol. The molecule has 0 aliphatic rings. The Bertz CT molecular complexity index is 471. The summed E-state index contributed by atoms with van der Waals surface area (Å²) in [6, 6.07) is 2.70. The third kappa shape index (κ3) is 1.97. The van der Waals surface area contributed by atoms with E-state index in [1.54, 1.807) is 0 Å². The topological polar surface area (TPSA) is 17.8 Å². The highest BCUT2D eigenvalue weighted by Gasteiger charge is 2.10. The van der Waals surface area contributed by atoms with E-state index in [1.807, 2.05) is 12.4 Å². The zero-order valence-corrected chi connectivity index (χ0v) is 10.4. The van der Waals surface area contributed by atoms with Crippen molar-refractivity contribution in [2.45, 2.75) is 46.1 Å². The molecule has 0 N–H and O–H groups in total. The summed E-state index contributed by atoms with van der Waals surface area (Å²) < 4.78 is 2.39. The molecular weight excluding hydrogens is 196 g/mol. The minimum atomic E-state index is 0.582. The lowest BCUT2D eigenvalue weighted by molar-refractivity contribution is 0.498. The third-order valence-corrected chi connectivity index (χ3v) is 3.28. The highest BCUT2D eigenvalue weighted by molar-refractivity contribution is 5.82. The highest BCUT2D eigenvalue weighted by atomic mass is 15.0. The number of unbranched alkanes of at least 4 members (excludes halogenated alkanes) is 1. The van der Waals surface area contributed by atoms with Gasteiger partial charge >= 0.3 is 0 Å². The number of rotatable bonds is 4. The second kappa shape index (κ2) is 4.69. The summed E-state index contributed by atoms with van der Waals surface area (Å²) in [6.07, 6.45) is 9.92. The zero-order chi connectivity index (χ0) is 11.5. The van der Waals surface area contributed by atoms with Gasteiger partial charge in [-0.3, -0.25) is 4.98 Å². The fourth-order valence-electron chi connectivity index (χ4n) is 2.27. The van der Waals surface area contributed by atoms with Crippen molar-refractivity contribution in [3.63, 3.8) is 0 Å². The van der Waals surface area contributed by atoms with Gasteiger partial charge in [0.05, 0.1) is 5.52 Å². The molecule has 86 valence electrons. The van der Waals surface area contributed by atoms with Crippen LogP contribution in [0, 0.1) is 6.92 Å². The van der Waals surface area contributed by atoms with Crippen LogP contribution in [0.5, 0.6) is 0 Å². The quantitative estimate of drug-likeness (QED) is 0.752. The Morgan fingerprint density at radius 2 is 2.25 bits per heavy atom. The molecule has 2 aromatic rings. The first-order chi connectivity index (χ1) is 7.74. The van der Waals surface area contributed by atoms with Gasteiger partial charge in [0.2, 0.25) is 0 Å². The first-order valence-electron chi connectivity index (χ1n) is 6.15. The summed E-state index contributed by atoms with van der Waals surface area (Å²) in [5.41, 5.74) is 2.64. The molecule has 0 spiro atoms. The zero-order valence-electron chi connectivity index (χ0n) is 10.4. The molecule has 16 heavy (non-hydrogen) atoms. The van der Waals surface area contributed by atoms with E-state index >= 15 is 0 Å². The molecule has 0 unspecified atom stereocenters. The van der Waals surface area contributed by atoms with E-state index in [1.165, 1.54) is 35.7 Å². The summed E-state index contributed by atoms with van der Waals surface area (Å²) >= 11 is 0. The Morgan fingerprint density at radius 1 is 1.44 bits per heavy atom. The Kier molecular flexibility index (Phi) is 3.28. The van der Waals surface area contributed by atoms with Crippen molar-refractivity contribution in [1.82, 2.24) is 9.55 Å². The lowest BCUT2D eigenvalue weighted by atomic mass is 10.1. The third-order valence-electron chi connectivity index (χ3n) is 3.28. The van der Waals surface area contributed by atoms with Crippen LogP contribution in [0.1, 0.15) is 44.7 Å². The van der Waals surface area contributed by atoms with Crippen molar-refractivity contribution in [2.75, 3.05) is 0 Å². The lowest BCUT2D eigenvalue weighted by Crippen LogP contribution is -2.03. The average Bonchev–Trinajstić information content (AvgIpc) is 2.65. The minimum Gasteiger partial charge on any atom is -0.344 e. The maximum atomic E-state index is 4.20. The number of nitrogens with zero attached hydrogens (tertiary/aromatic N) is 2. The van der Waals surface area contributed by atoms with E-state index in [2.05, 4.69) is 42.6 Å². The molecule has 0 saturated carbocycles. The number of fused-ring (bicyclic) bond motifs is 1. The van der Waals surface area contributed by atoms with Crippen LogP contribution >= 0.6 is 0 Å². The SMILES string of the molecule is CCCC[C@H](C)n1cc(C)c2cnccc21. The molecule has 2 aromatic heterocycles. The first kappa shape index (κ1) is 11.2. The first-order valence-corrected chi connectivity index (χ1v) is 6.15. The summed E-state index contributed by atoms with van der Waals surface area (Å²) in [5, 5.41) is 1.28. The van der Waals surface area contributed by atoms with Gasteiger partial charge in [0.15, 0.2) is 0 Å². The smallest absolute Gasteiger partial charge is 0.0516 e. The predicted molar refractivity (Wildman–Crippen MR) is 68.7 cm³/mol. The van der Waals surface area contributed by atoms with Crippen molar-refractivity contribution in [2.24, 2.45) is 0 Å². The second-order valence-corrected chi connectivity index (χ2v) is 4.60. The Labute approximate surface area is 97.3 Å². The highest BCUT2D eigenvalue weighted by Crippen LogP contribution is 2.25. The van der Waals surface area contributed by atoms with Crippen molar-refractivity contribution >= 4 is 10.9 Å². The monoisotopic (exact) mass is 216 g/mol. The summed E-state index contributed by atoms with van der Waals surface area (Å²) in [5.74, 6) is 0. The van der Waals surface area contributed by atoms with Gasteiger partial charge in [-0.05, 0) is 31.9 Å². The molecular formula is C14H20N2. The molecule has 0 radical (unpaired) electrons. The van der Waals surface area contributed by atoms with Crippen LogP contribution in [0.4, 0.5) is 0 Å². The fraction of sp³-hybridized carbons (Fsp3) is 0.500. The van der Waals surface area contributed by atoms with Gasteiger partial charge < -0.3 is 4.57 Å². The van der Waals surface area contributed by atoms with Gasteiger partial charge in [0.1, 0.15) is 0 Å². The number of aryl methyl sites for hydroxylation is 1. The number of hydrogen-bond acceptors (Lipinski definition) is 1. The molecule has 0 amide bonds. The minimum absolute atomic E-state index is 0.582. The number of hydrogen-bond donors (Lipinski definition) is 0. The molecule has 0 aromatic carbocycles. The van der Waals surface area contributed by atoms with Crippen LogP contribution in [-0.2, 0) is 0 Å². The largest absolute Gasteiger partial charge is 0.344 e. The van der Waals surface area contributed by atoms with Crippen LogP contribution in [0.3, 0.4) is 0 Å². The van der Waals surface area contributed by atoms with Crippen LogP contribution in [-0.4, -0.2) is 9.55 Å². The molecule has 2 nitrogen and oxygen atoms in total. The predicted octanol–water partition coefficient (Wildman–Crippen LogP) is 4.10. The molecule has 2 heterocycles. The standard InChI is InChI=1S/C14H20N2/c1-4-5-6-12(3)16-10-11(2)13-9-15-8-7-14(13)16/h7-10,12H,4-6H2,1-3H3/t12-/m0/s1. The van der Waals surface area contributed by atoms with Crippen LogP contribution in [0.2, 0.25) is 0 Å². The van der Waals surface area contributed by atoms with Crippen LogP contribution in [0.25, 0.3) is 10.9 Å². The van der Waals surface area contributed by atoms with E-state index in [-0.39, 0.29) is 0 Å². The maximum absolute atomic E-state index is 4.20. The lowest BCUT2D eigenvalue weighted by Gasteiger charge is -2.14. The fourth-order valence-corrected chi connectivity index (χ4v) is 2.27. The van der Waals surface area contributed by atoms with Crippen LogP contribution < -0.4 is 0 Å². The van der Waals surface area contributed by atoms with Gasteiger partial charge in [0, 0.05) is 30.0 Å². The summed E-state index contributed by atoms with van der Waals surface area (Å²) in [4.78, 5) is 4.20. The van der Waals surface area contributed by atoms with E-state index in [0.717, 1.165) is 0 Å². The molecule has 0 aliphatic heterocycles. The van der Waals surface area contributed by atoms with Gasteiger partial charge in [-0.2, -0.15) is 0 Å². The van der Waals surface area contributed by atoms with Gasteiger partial charge in [-0.1, -0.05) is 19.8 Å². The van der Waals surface area contributed by atoms with Crippen LogP contribution in [0.15, 0.2) is 24.7 Å². The van der Waals surface area contributed by atoms with Crippen molar-refractivity contribution < 1.29 is 0 Å². The number of pyridine rings is 1. The van der Waals surface area contributed by atoms with E-state index in [9.17, 15) is 0 Å². The molecule has 2 rings (SSSR count). The van der Waals surface area contributed by atoms with Gasteiger partial charge in [-0.25, -0.2) is 0 Å². The number of aromatic nitrogens is 2. The van der Waals surface area contributed by atoms with E-state index in [4.69, 9.17) is 0 Å². The Hall–Kier alpha value is -1.31. The summed E-state index contributed by atoms with van der Waals surface area (Å²) in [7, 11) is 0. The molecule has 1 atom stereocenters. The molecule has 0 aliphatic carbocycles. The van der Waals surface area contributed by atoms with Crippen molar-refractivity contribution in [1.29, 1.82) is 0 Å². The summed E-state index contributed by atoms with van der Waals surface area (Å²) in [6.45, 7) is 6.71. The van der Waals surface area contributed by atoms with Gasteiger partial charge in [-0.15, -0.1) is 0 Å². The van der Waals surface area contributed by atoms with Gasteiger partial charge in [0.25, 0.3) is 0 Å².